The first-order chi connectivity index (χ1) is 9.83. The van der Waals surface area contributed by atoms with Crippen molar-refractivity contribution in [2.75, 3.05) is 24.6 Å². The fourth-order valence-electron chi connectivity index (χ4n) is 2.54. The van der Waals surface area contributed by atoms with Gasteiger partial charge in [-0.05, 0) is 24.6 Å². The Morgan fingerprint density at radius 2 is 2.00 bits per heavy atom. The molecule has 2 rings (SSSR count). The molecule has 0 saturated carbocycles. The number of nitrogens with zero attached hydrogens (tertiary/aromatic N) is 2. The molecule has 2 atom stereocenters. The highest BCUT2D eigenvalue weighted by atomic mass is 16.5. The van der Waals surface area contributed by atoms with Crippen LogP contribution in [-0.2, 0) is 16.8 Å². The molecule has 1 saturated heterocycles. The van der Waals surface area contributed by atoms with Gasteiger partial charge in [-0.15, -0.1) is 0 Å². The number of rotatable bonds is 3. The van der Waals surface area contributed by atoms with E-state index in [0.717, 1.165) is 23.6 Å². The van der Waals surface area contributed by atoms with E-state index in [0.29, 0.717) is 6.54 Å². The minimum absolute atomic E-state index is 0.00191. The molecule has 5 heteroatoms. The molecule has 0 amide bonds. The molecule has 0 spiro atoms. The van der Waals surface area contributed by atoms with Crippen molar-refractivity contribution in [2.24, 2.45) is 0 Å². The van der Waals surface area contributed by atoms with Gasteiger partial charge in [-0.2, -0.15) is 0 Å². The maximum Gasteiger partial charge on any atom is 0.129 e. The Kier molecular flexibility index (Phi) is 4.86. The molecular formula is C16H26N2O3. The summed E-state index contributed by atoms with van der Waals surface area (Å²) in [6.45, 7) is 9.69. The van der Waals surface area contributed by atoms with E-state index in [9.17, 15) is 10.2 Å². The predicted octanol–water partition coefficient (Wildman–Crippen LogP) is 1.46. The lowest BCUT2D eigenvalue weighted by molar-refractivity contribution is -0.0423. The van der Waals surface area contributed by atoms with Crippen LogP contribution in [0.1, 0.15) is 39.0 Å². The van der Waals surface area contributed by atoms with Gasteiger partial charge in [0.05, 0.1) is 25.4 Å². The maximum absolute atomic E-state index is 9.49. The zero-order valence-electron chi connectivity index (χ0n) is 13.3. The SMILES string of the molecule is CC1CN(c2cc(CO)cc(C(C)(C)C)n2)CC(CO)O1. The minimum Gasteiger partial charge on any atom is -0.394 e. The number of morpholine rings is 1. The topological polar surface area (TPSA) is 65.8 Å². The highest BCUT2D eigenvalue weighted by Crippen LogP contribution is 2.26. The molecule has 1 aliphatic rings. The zero-order valence-corrected chi connectivity index (χ0v) is 13.3. The van der Waals surface area contributed by atoms with Crippen molar-refractivity contribution in [1.82, 2.24) is 4.98 Å². The van der Waals surface area contributed by atoms with Gasteiger partial charge in [-0.1, -0.05) is 20.8 Å². The lowest BCUT2D eigenvalue weighted by Gasteiger charge is -2.37. The first-order valence-electron chi connectivity index (χ1n) is 7.47. The summed E-state index contributed by atoms with van der Waals surface area (Å²) in [5.74, 6) is 0.847. The number of aromatic nitrogens is 1. The van der Waals surface area contributed by atoms with E-state index in [1.54, 1.807) is 0 Å². The van der Waals surface area contributed by atoms with Gasteiger partial charge < -0.3 is 19.8 Å². The molecule has 0 aliphatic carbocycles. The van der Waals surface area contributed by atoms with Crippen LogP contribution < -0.4 is 4.90 Å². The van der Waals surface area contributed by atoms with Gasteiger partial charge in [-0.25, -0.2) is 4.98 Å². The van der Waals surface area contributed by atoms with Crippen LogP contribution in [0.5, 0.6) is 0 Å². The molecular weight excluding hydrogens is 268 g/mol. The molecule has 1 aromatic heterocycles. The van der Waals surface area contributed by atoms with Gasteiger partial charge in [0.1, 0.15) is 5.82 Å². The molecule has 1 fully saturated rings. The fourth-order valence-corrected chi connectivity index (χ4v) is 2.54. The monoisotopic (exact) mass is 294 g/mol. The third-order valence-corrected chi connectivity index (χ3v) is 3.68. The Balaban J connectivity index is 2.33. The van der Waals surface area contributed by atoms with E-state index < -0.39 is 0 Å². The van der Waals surface area contributed by atoms with Crippen molar-refractivity contribution < 1.29 is 14.9 Å². The van der Waals surface area contributed by atoms with Gasteiger partial charge in [-0.3, -0.25) is 0 Å². The quantitative estimate of drug-likeness (QED) is 0.883. The molecule has 0 bridgehead atoms. The molecule has 2 unspecified atom stereocenters. The fraction of sp³-hybridized carbons (Fsp3) is 0.688. The summed E-state index contributed by atoms with van der Waals surface area (Å²) in [5.41, 5.74) is 1.75. The number of anilines is 1. The van der Waals surface area contributed by atoms with Crippen LogP contribution >= 0.6 is 0 Å². The van der Waals surface area contributed by atoms with Gasteiger partial charge in [0.15, 0.2) is 0 Å². The van der Waals surface area contributed by atoms with Crippen molar-refractivity contribution in [1.29, 1.82) is 0 Å². The predicted molar refractivity (Wildman–Crippen MR) is 82.5 cm³/mol. The van der Waals surface area contributed by atoms with E-state index >= 15 is 0 Å². The molecule has 5 nitrogen and oxygen atoms in total. The van der Waals surface area contributed by atoms with E-state index in [1.807, 2.05) is 19.1 Å². The highest BCUT2D eigenvalue weighted by molar-refractivity contribution is 5.44. The average molecular weight is 294 g/mol. The Morgan fingerprint density at radius 1 is 1.29 bits per heavy atom. The van der Waals surface area contributed by atoms with Gasteiger partial charge in [0.25, 0.3) is 0 Å². The van der Waals surface area contributed by atoms with Crippen LogP contribution in [0.2, 0.25) is 0 Å². The molecule has 0 radical (unpaired) electrons. The highest BCUT2D eigenvalue weighted by Gasteiger charge is 2.27. The third kappa shape index (κ3) is 3.93. The minimum atomic E-state index is -0.189. The van der Waals surface area contributed by atoms with Crippen molar-refractivity contribution in [3.05, 3.63) is 23.4 Å². The van der Waals surface area contributed by atoms with E-state index in [2.05, 4.69) is 25.7 Å². The second kappa shape index (κ2) is 6.30. The summed E-state index contributed by atoms with van der Waals surface area (Å²) >= 11 is 0. The molecule has 1 aromatic rings. The van der Waals surface area contributed by atoms with Gasteiger partial charge in [0.2, 0.25) is 0 Å². The number of aliphatic hydroxyl groups excluding tert-OH is 2. The van der Waals surface area contributed by atoms with Gasteiger partial charge in [0, 0.05) is 24.2 Å². The van der Waals surface area contributed by atoms with Crippen LogP contribution in [0, 0.1) is 0 Å². The summed E-state index contributed by atoms with van der Waals surface area (Å²) in [6.07, 6.45) is -0.139. The van der Waals surface area contributed by atoms with Crippen LogP contribution in [-0.4, -0.2) is 47.1 Å². The number of hydrogen-bond donors (Lipinski definition) is 2. The first kappa shape index (κ1) is 16.2. The van der Waals surface area contributed by atoms with Crippen LogP contribution in [0.25, 0.3) is 0 Å². The zero-order chi connectivity index (χ0) is 15.6. The number of hydrogen-bond acceptors (Lipinski definition) is 5. The van der Waals surface area contributed by atoms with Crippen molar-refractivity contribution >= 4 is 5.82 Å². The van der Waals surface area contributed by atoms with E-state index in [1.165, 1.54) is 0 Å². The maximum atomic E-state index is 9.49. The average Bonchev–Trinajstić information content (AvgIpc) is 2.45. The van der Waals surface area contributed by atoms with Crippen LogP contribution in [0.3, 0.4) is 0 Å². The Labute approximate surface area is 126 Å². The number of pyridine rings is 1. The molecule has 1 aliphatic heterocycles. The molecule has 118 valence electrons. The molecule has 21 heavy (non-hydrogen) atoms. The number of aliphatic hydroxyl groups is 2. The lowest BCUT2D eigenvalue weighted by Crippen LogP contribution is -2.48. The van der Waals surface area contributed by atoms with Crippen molar-refractivity contribution in [3.63, 3.8) is 0 Å². The summed E-state index contributed by atoms with van der Waals surface area (Å²) in [6, 6.07) is 3.87. The molecule has 2 heterocycles. The molecule has 2 N–H and O–H groups in total. The second-order valence-electron chi connectivity index (χ2n) is 6.78. The number of ether oxygens (including phenoxy) is 1. The smallest absolute Gasteiger partial charge is 0.129 e. The lowest BCUT2D eigenvalue weighted by atomic mass is 9.90. The van der Waals surface area contributed by atoms with E-state index in [-0.39, 0.29) is 30.8 Å². The van der Waals surface area contributed by atoms with Gasteiger partial charge >= 0.3 is 0 Å². The third-order valence-electron chi connectivity index (χ3n) is 3.68. The summed E-state index contributed by atoms with van der Waals surface area (Å²) in [7, 11) is 0. The largest absolute Gasteiger partial charge is 0.394 e. The second-order valence-corrected chi connectivity index (χ2v) is 6.78. The first-order valence-corrected chi connectivity index (χ1v) is 7.47. The Hall–Kier alpha value is -1.17. The summed E-state index contributed by atoms with van der Waals surface area (Å²) in [5, 5.41) is 18.8. The van der Waals surface area contributed by atoms with Crippen molar-refractivity contribution in [2.45, 2.75) is 51.9 Å². The standard InChI is InChI=1S/C16H26N2O3/c1-11-7-18(8-13(10-20)21-11)15-6-12(9-19)5-14(17-15)16(2,3)4/h5-6,11,13,19-20H,7-10H2,1-4H3. The van der Waals surface area contributed by atoms with Crippen LogP contribution in [0.15, 0.2) is 12.1 Å². The normalized spacial score (nSPS) is 23.4. The summed E-state index contributed by atoms with van der Waals surface area (Å²) in [4.78, 5) is 6.89. The Morgan fingerprint density at radius 3 is 2.57 bits per heavy atom. The molecule has 0 aromatic carbocycles. The van der Waals surface area contributed by atoms with E-state index in [4.69, 9.17) is 9.72 Å². The Bertz CT molecular complexity index is 485. The van der Waals surface area contributed by atoms with Crippen molar-refractivity contribution in [3.8, 4) is 0 Å². The van der Waals surface area contributed by atoms with Crippen LogP contribution in [0.4, 0.5) is 5.82 Å². The summed E-state index contributed by atoms with van der Waals surface area (Å²) < 4.78 is 5.67.